The van der Waals surface area contributed by atoms with E-state index in [4.69, 9.17) is 14.7 Å². The van der Waals surface area contributed by atoms with E-state index in [1.807, 2.05) is 7.05 Å². The topological polar surface area (TPSA) is 67.5 Å². The van der Waals surface area contributed by atoms with E-state index in [1.165, 1.54) is 0 Å². The first-order valence-electron chi connectivity index (χ1n) is 4.11. The quantitative estimate of drug-likeness (QED) is 0.653. The second-order valence-corrected chi connectivity index (χ2v) is 2.93. The highest BCUT2D eigenvalue weighted by Crippen LogP contribution is 2.19. The van der Waals surface area contributed by atoms with Crippen LogP contribution in [0.25, 0.3) is 10.9 Å². The number of hydrogen-bond donors (Lipinski definition) is 2. The van der Waals surface area contributed by atoms with Crippen molar-refractivity contribution in [2.45, 2.75) is 0 Å². The van der Waals surface area contributed by atoms with Crippen molar-refractivity contribution in [3.63, 3.8) is 0 Å². The monoisotopic (exact) mass is 192 g/mol. The SMILES string of the molecule is Cn1ncc2ccc(OB(O)O)cc21. The molecule has 0 radical (unpaired) electrons. The van der Waals surface area contributed by atoms with Crippen molar-refractivity contribution in [1.82, 2.24) is 9.78 Å². The van der Waals surface area contributed by atoms with Gasteiger partial charge in [0.15, 0.2) is 0 Å². The average Bonchev–Trinajstić information content (AvgIpc) is 2.47. The van der Waals surface area contributed by atoms with Crippen LogP contribution in [0.4, 0.5) is 0 Å². The zero-order valence-corrected chi connectivity index (χ0v) is 7.58. The van der Waals surface area contributed by atoms with E-state index in [0.717, 1.165) is 10.9 Å². The first kappa shape index (κ1) is 9.05. The third-order valence-corrected chi connectivity index (χ3v) is 1.96. The molecular weight excluding hydrogens is 183 g/mol. The lowest BCUT2D eigenvalue weighted by Crippen LogP contribution is -2.20. The van der Waals surface area contributed by atoms with Crippen LogP contribution in [-0.2, 0) is 7.05 Å². The minimum Gasteiger partial charge on any atom is -0.512 e. The average molecular weight is 192 g/mol. The lowest BCUT2D eigenvalue weighted by Gasteiger charge is -2.04. The summed E-state index contributed by atoms with van der Waals surface area (Å²) in [7, 11) is 0.0160. The Balaban J connectivity index is 2.44. The van der Waals surface area contributed by atoms with Gasteiger partial charge in [-0.25, -0.2) is 0 Å². The van der Waals surface area contributed by atoms with E-state index in [-0.39, 0.29) is 0 Å². The molecule has 6 heteroatoms. The largest absolute Gasteiger partial charge is 0.707 e. The minimum absolute atomic E-state index is 0.399. The molecule has 0 atom stereocenters. The molecule has 0 aliphatic carbocycles. The van der Waals surface area contributed by atoms with Crippen LogP contribution >= 0.6 is 0 Å². The van der Waals surface area contributed by atoms with Crippen molar-refractivity contribution in [3.8, 4) is 5.75 Å². The van der Waals surface area contributed by atoms with Gasteiger partial charge in [0.25, 0.3) is 0 Å². The van der Waals surface area contributed by atoms with Gasteiger partial charge in [-0.2, -0.15) is 5.10 Å². The Bertz CT molecular complexity index is 455. The van der Waals surface area contributed by atoms with Crippen LogP contribution in [0.15, 0.2) is 24.4 Å². The summed E-state index contributed by atoms with van der Waals surface area (Å²) in [6.45, 7) is 0. The standard InChI is InChI=1S/C8H9BN2O3/c1-11-8-4-7(14-9(12)13)3-2-6(8)5-10-11/h2-5,12-13H,1H3. The van der Waals surface area contributed by atoms with Gasteiger partial charge in [0, 0.05) is 18.5 Å². The fraction of sp³-hybridized carbons (Fsp3) is 0.125. The van der Waals surface area contributed by atoms with E-state index >= 15 is 0 Å². The Morgan fingerprint density at radius 1 is 1.43 bits per heavy atom. The lowest BCUT2D eigenvalue weighted by atomic mass is 10.2. The molecule has 0 spiro atoms. The minimum atomic E-state index is -1.79. The zero-order chi connectivity index (χ0) is 10.1. The molecule has 0 aliphatic rings. The van der Waals surface area contributed by atoms with Gasteiger partial charge < -0.3 is 14.7 Å². The maximum Gasteiger partial charge on any atom is 0.707 e. The van der Waals surface area contributed by atoms with Gasteiger partial charge in [-0.05, 0) is 12.1 Å². The van der Waals surface area contributed by atoms with Crippen molar-refractivity contribution in [3.05, 3.63) is 24.4 Å². The summed E-state index contributed by atoms with van der Waals surface area (Å²) in [5.74, 6) is 0.399. The number of rotatable bonds is 2. The third-order valence-electron chi connectivity index (χ3n) is 1.96. The van der Waals surface area contributed by atoms with E-state index in [9.17, 15) is 0 Å². The second kappa shape index (κ2) is 3.32. The Morgan fingerprint density at radius 3 is 2.93 bits per heavy atom. The fourth-order valence-corrected chi connectivity index (χ4v) is 1.32. The normalized spacial score (nSPS) is 10.5. The number of fused-ring (bicyclic) bond motifs is 1. The predicted octanol–water partition coefficient (Wildman–Crippen LogP) is -0.0784. The Morgan fingerprint density at radius 2 is 2.21 bits per heavy atom. The van der Waals surface area contributed by atoms with E-state index in [0.29, 0.717) is 5.75 Å². The molecule has 14 heavy (non-hydrogen) atoms. The van der Waals surface area contributed by atoms with Gasteiger partial charge in [0.2, 0.25) is 0 Å². The van der Waals surface area contributed by atoms with E-state index in [1.54, 1.807) is 29.1 Å². The highest BCUT2D eigenvalue weighted by molar-refractivity contribution is 6.33. The lowest BCUT2D eigenvalue weighted by molar-refractivity contribution is 0.288. The van der Waals surface area contributed by atoms with E-state index < -0.39 is 7.32 Å². The van der Waals surface area contributed by atoms with Gasteiger partial charge in [0.1, 0.15) is 5.75 Å². The first-order chi connectivity index (χ1) is 6.66. The molecule has 2 rings (SSSR count). The van der Waals surface area contributed by atoms with Crippen molar-refractivity contribution in [2.75, 3.05) is 0 Å². The zero-order valence-electron chi connectivity index (χ0n) is 7.58. The smallest absolute Gasteiger partial charge is 0.512 e. The molecule has 0 unspecified atom stereocenters. The van der Waals surface area contributed by atoms with Crippen LogP contribution in [0.3, 0.4) is 0 Å². The number of nitrogens with zero attached hydrogens (tertiary/aromatic N) is 2. The summed E-state index contributed by atoms with van der Waals surface area (Å²) < 4.78 is 6.40. The molecule has 0 saturated carbocycles. The van der Waals surface area contributed by atoms with Crippen molar-refractivity contribution < 1.29 is 14.7 Å². The maximum absolute atomic E-state index is 8.61. The molecule has 1 heterocycles. The van der Waals surface area contributed by atoms with Crippen LogP contribution in [-0.4, -0.2) is 27.1 Å². The molecule has 1 aromatic heterocycles. The second-order valence-electron chi connectivity index (χ2n) is 2.93. The molecule has 0 saturated heterocycles. The molecule has 0 fully saturated rings. The molecule has 1 aromatic carbocycles. The van der Waals surface area contributed by atoms with Gasteiger partial charge in [0.05, 0.1) is 11.7 Å². The summed E-state index contributed by atoms with van der Waals surface area (Å²) in [5, 5.41) is 22.2. The predicted molar refractivity (Wildman–Crippen MR) is 51.5 cm³/mol. The molecule has 0 aliphatic heterocycles. The maximum atomic E-state index is 8.61. The van der Waals surface area contributed by atoms with Gasteiger partial charge in [-0.1, -0.05) is 0 Å². The highest BCUT2D eigenvalue weighted by atomic mass is 16.6. The molecule has 2 aromatic rings. The van der Waals surface area contributed by atoms with Crippen LogP contribution in [0, 0.1) is 0 Å². The molecule has 0 bridgehead atoms. The summed E-state index contributed by atoms with van der Waals surface area (Å²) in [6.07, 6.45) is 1.73. The Kier molecular flexibility index (Phi) is 2.15. The summed E-state index contributed by atoms with van der Waals surface area (Å²) in [4.78, 5) is 0. The summed E-state index contributed by atoms with van der Waals surface area (Å²) >= 11 is 0. The molecule has 0 amide bonds. The van der Waals surface area contributed by atoms with Crippen molar-refractivity contribution in [2.24, 2.45) is 7.05 Å². The molecule has 5 nitrogen and oxygen atoms in total. The van der Waals surface area contributed by atoms with Gasteiger partial charge in [-0.3, -0.25) is 4.68 Å². The van der Waals surface area contributed by atoms with Crippen LogP contribution < -0.4 is 4.65 Å². The van der Waals surface area contributed by atoms with Gasteiger partial charge in [-0.15, -0.1) is 0 Å². The Hall–Kier alpha value is -1.53. The van der Waals surface area contributed by atoms with Crippen LogP contribution in [0.5, 0.6) is 5.75 Å². The van der Waals surface area contributed by atoms with E-state index in [2.05, 4.69) is 5.10 Å². The highest BCUT2D eigenvalue weighted by Gasteiger charge is 2.11. The molecule has 2 N–H and O–H groups in total. The third kappa shape index (κ3) is 1.57. The number of aryl methyl sites for hydroxylation is 1. The molecule has 72 valence electrons. The fourth-order valence-electron chi connectivity index (χ4n) is 1.32. The summed E-state index contributed by atoms with van der Waals surface area (Å²) in [6, 6.07) is 5.16. The Labute approximate surface area is 80.7 Å². The van der Waals surface area contributed by atoms with Gasteiger partial charge >= 0.3 is 7.32 Å². The first-order valence-corrected chi connectivity index (χ1v) is 4.11. The number of hydrogen-bond acceptors (Lipinski definition) is 4. The van der Waals surface area contributed by atoms with Crippen molar-refractivity contribution >= 4 is 18.2 Å². The number of benzene rings is 1. The van der Waals surface area contributed by atoms with Crippen molar-refractivity contribution in [1.29, 1.82) is 0 Å². The summed E-state index contributed by atoms with van der Waals surface area (Å²) in [5.41, 5.74) is 0.878. The van der Waals surface area contributed by atoms with Crippen LogP contribution in [0.1, 0.15) is 0 Å². The molecular formula is C8H9BN2O3. The number of aromatic nitrogens is 2. The van der Waals surface area contributed by atoms with Crippen LogP contribution in [0.2, 0.25) is 0 Å².